The maximum atomic E-state index is 7.99. The van der Waals surface area contributed by atoms with Gasteiger partial charge in [-0.3, -0.25) is 5.41 Å². The maximum absolute atomic E-state index is 7.99. The molecule has 0 unspecified atom stereocenters. The molecule has 1 aromatic rings. The lowest BCUT2D eigenvalue weighted by Gasteiger charge is -2.31. The van der Waals surface area contributed by atoms with E-state index in [4.69, 9.17) is 11.1 Å². The van der Waals surface area contributed by atoms with Gasteiger partial charge in [-0.15, -0.1) is 5.10 Å². The first-order chi connectivity index (χ1) is 9.83. The van der Waals surface area contributed by atoms with Gasteiger partial charge in [-0.1, -0.05) is 27.7 Å². The smallest absolute Gasteiger partial charge is 0.162 e. The van der Waals surface area contributed by atoms with Crippen molar-refractivity contribution in [1.82, 2.24) is 10.2 Å². The van der Waals surface area contributed by atoms with Crippen molar-refractivity contribution in [1.29, 1.82) is 5.41 Å². The third-order valence-electron chi connectivity index (χ3n) is 3.55. The van der Waals surface area contributed by atoms with Crippen molar-refractivity contribution in [2.45, 2.75) is 60.4 Å². The average Bonchev–Trinajstić information content (AvgIpc) is 2.42. The Morgan fingerprint density at radius 1 is 1.14 bits per heavy atom. The van der Waals surface area contributed by atoms with Crippen LogP contribution in [-0.4, -0.2) is 28.6 Å². The first-order valence-electron chi connectivity index (χ1n) is 7.82. The van der Waals surface area contributed by atoms with Gasteiger partial charge in [-0.2, -0.15) is 5.10 Å². The van der Waals surface area contributed by atoms with Gasteiger partial charge in [-0.05, 0) is 38.2 Å². The fourth-order valence-electron chi connectivity index (χ4n) is 2.58. The first-order valence-corrected chi connectivity index (χ1v) is 7.82. The van der Waals surface area contributed by atoms with Crippen LogP contribution in [-0.2, 0) is 12.8 Å². The molecule has 0 aliphatic heterocycles. The van der Waals surface area contributed by atoms with E-state index in [0.29, 0.717) is 5.92 Å². The van der Waals surface area contributed by atoms with Crippen molar-refractivity contribution in [2.24, 2.45) is 11.7 Å². The zero-order valence-electron chi connectivity index (χ0n) is 14.2. The second kappa shape index (κ2) is 7.38. The van der Waals surface area contributed by atoms with Gasteiger partial charge in [-0.25, -0.2) is 0 Å². The monoisotopic (exact) mass is 291 g/mol. The molecule has 3 N–H and O–H groups in total. The largest absolute Gasteiger partial charge is 0.384 e. The number of anilines is 1. The second-order valence-electron chi connectivity index (χ2n) is 6.08. The van der Waals surface area contributed by atoms with Gasteiger partial charge in [0.05, 0.1) is 11.3 Å². The second-order valence-corrected chi connectivity index (χ2v) is 6.08. The van der Waals surface area contributed by atoms with Crippen LogP contribution in [0.4, 0.5) is 5.82 Å². The van der Waals surface area contributed by atoms with Crippen LogP contribution in [0.2, 0.25) is 0 Å². The van der Waals surface area contributed by atoms with Crippen LogP contribution in [0, 0.1) is 11.3 Å². The fourth-order valence-corrected chi connectivity index (χ4v) is 2.58. The minimum Gasteiger partial charge on any atom is -0.384 e. The Hall–Kier alpha value is -1.65. The molecule has 0 aliphatic rings. The van der Waals surface area contributed by atoms with E-state index in [9.17, 15) is 0 Å². The molecule has 1 heterocycles. The van der Waals surface area contributed by atoms with E-state index >= 15 is 0 Å². The zero-order chi connectivity index (χ0) is 16.2. The summed E-state index contributed by atoms with van der Waals surface area (Å²) < 4.78 is 0. The molecule has 0 fully saturated rings. The highest BCUT2D eigenvalue weighted by atomic mass is 15.3. The Morgan fingerprint density at radius 2 is 1.76 bits per heavy atom. The molecule has 0 spiro atoms. The van der Waals surface area contributed by atoms with Crippen LogP contribution in [0.3, 0.4) is 0 Å². The highest BCUT2D eigenvalue weighted by molar-refractivity contribution is 6.01. The van der Waals surface area contributed by atoms with Crippen molar-refractivity contribution in [3.8, 4) is 0 Å². The molecule has 0 radical (unpaired) electrons. The van der Waals surface area contributed by atoms with Crippen molar-refractivity contribution >= 4 is 11.7 Å². The van der Waals surface area contributed by atoms with Gasteiger partial charge >= 0.3 is 0 Å². The molecule has 1 aromatic heterocycles. The van der Waals surface area contributed by atoms with Crippen LogP contribution < -0.4 is 10.6 Å². The van der Waals surface area contributed by atoms with Crippen molar-refractivity contribution in [3.63, 3.8) is 0 Å². The summed E-state index contributed by atoms with van der Waals surface area (Å²) in [6, 6.07) is 0.289. The Labute approximate surface area is 128 Å². The molecule has 0 aromatic carbocycles. The molecular weight excluding hydrogens is 262 g/mol. The van der Waals surface area contributed by atoms with E-state index < -0.39 is 0 Å². The summed E-state index contributed by atoms with van der Waals surface area (Å²) in [5.41, 5.74) is 8.64. The van der Waals surface area contributed by atoms with Gasteiger partial charge in [0.2, 0.25) is 0 Å². The molecule has 118 valence electrons. The summed E-state index contributed by atoms with van der Waals surface area (Å²) >= 11 is 0. The number of nitrogens with zero attached hydrogens (tertiary/aromatic N) is 3. The molecule has 5 heteroatoms. The summed E-state index contributed by atoms with van der Waals surface area (Å²) in [7, 11) is 0. The lowest BCUT2D eigenvalue weighted by Crippen LogP contribution is -2.37. The number of amidine groups is 1. The lowest BCUT2D eigenvalue weighted by atomic mass is 10.0. The number of hydrogen-bond donors (Lipinski definition) is 2. The van der Waals surface area contributed by atoms with Crippen LogP contribution in [0.15, 0.2) is 0 Å². The third kappa shape index (κ3) is 3.93. The predicted molar refractivity (Wildman–Crippen MR) is 89.1 cm³/mol. The Morgan fingerprint density at radius 3 is 2.14 bits per heavy atom. The summed E-state index contributed by atoms with van der Waals surface area (Å²) in [4.78, 5) is 2.20. The Balaban J connectivity index is 3.49. The van der Waals surface area contributed by atoms with Crippen LogP contribution in [0.1, 0.15) is 58.4 Å². The summed E-state index contributed by atoms with van der Waals surface area (Å²) in [6.07, 6.45) is 1.62. The summed E-state index contributed by atoms with van der Waals surface area (Å²) in [5.74, 6) is 1.34. The predicted octanol–water partition coefficient (Wildman–Crippen LogP) is 2.76. The van der Waals surface area contributed by atoms with Gasteiger partial charge in [0.15, 0.2) is 5.82 Å². The highest BCUT2D eigenvalue weighted by Gasteiger charge is 2.23. The molecule has 0 bridgehead atoms. The van der Waals surface area contributed by atoms with Gasteiger partial charge < -0.3 is 10.6 Å². The van der Waals surface area contributed by atoms with Crippen LogP contribution >= 0.6 is 0 Å². The van der Waals surface area contributed by atoms with E-state index in [2.05, 4.69) is 56.6 Å². The van der Waals surface area contributed by atoms with Gasteiger partial charge in [0.1, 0.15) is 5.84 Å². The number of hydrogen-bond acceptors (Lipinski definition) is 4. The quantitative estimate of drug-likeness (QED) is 0.598. The molecule has 0 saturated carbocycles. The van der Waals surface area contributed by atoms with E-state index in [1.54, 1.807) is 0 Å². The molecule has 0 aliphatic carbocycles. The average molecular weight is 291 g/mol. The number of aromatic nitrogens is 2. The lowest BCUT2D eigenvalue weighted by molar-refractivity contribution is 0.562. The standard InChI is InChI=1S/C16H29N5/c1-7-12-13(8-2)19-20-16(14(12)15(17)18)21(11(5)6)9-10(3)4/h10-11H,7-9H2,1-6H3,(H3,17,18). The van der Waals surface area contributed by atoms with Crippen LogP contribution in [0.5, 0.6) is 0 Å². The van der Waals surface area contributed by atoms with E-state index in [1.807, 2.05) is 0 Å². The molecule has 0 saturated heterocycles. The van der Waals surface area contributed by atoms with E-state index in [0.717, 1.165) is 42.0 Å². The zero-order valence-corrected chi connectivity index (χ0v) is 14.2. The number of nitrogen functional groups attached to an aromatic ring is 1. The topological polar surface area (TPSA) is 78.9 Å². The summed E-state index contributed by atoms with van der Waals surface area (Å²) in [6.45, 7) is 13.6. The fraction of sp³-hybridized carbons (Fsp3) is 0.688. The number of rotatable bonds is 7. The molecular formula is C16H29N5. The number of nitrogens with one attached hydrogen (secondary N) is 1. The first kappa shape index (κ1) is 17.4. The van der Waals surface area contributed by atoms with Crippen molar-refractivity contribution in [2.75, 3.05) is 11.4 Å². The minimum atomic E-state index is 0.0841. The van der Waals surface area contributed by atoms with Crippen molar-refractivity contribution < 1.29 is 0 Å². The highest BCUT2D eigenvalue weighted by Crippen LogP contribution is 2.26. The maximum Gasteiger partial charge on any atom is 0.162 e. The van der Waals surface area contributed by atoms with E-state index in [-0.39, 0.29) is 11.9 Å². The Bertz CT molecular complexity index is 494. The molecule has 0 amide bonds. The Kier molecular flexibility index (Phi) is 6.12. The molecule has 21 heavy (non-hydrogen) atoms. The SMILES string of the molecule is CCc1nnc(N(CC(C)C)C(C)C)c(C(=N)N)c1CC. The minimum absolute atomic E-state index is 0.0841. The molecule has 5 nitrogen and oxygen atoms in total. The summed E-state index contributed by atoms with van der Waals surface area (Å²) in [5, 5.41) is 16.8. The van der Waals surface area contributed by atoms with Crippen LogP contribution in [0.25, 0.3) is 0 Å². The van der Waals surface area contributed by atoms with Gasteiger partial charge in [0.25, 0.3) is 0 Å². The van der Waals surface area contributed by atoms with Crippen molar-refractivity contribution in [3.05, 3.63) is 16.8 Å². The molecule has 0 atom stereocenters. The van der Waals surface area contributed by atoms with E-state index in [1.165, 1.54) is 0 Å². The third-order valence-corrected chi connectivity index (χ3v) is 3.55. The molecule has 1 rings (SSSR count). The normalized spacial score (nSPS) is 11.2. The number of nitrogens with two attached hydrogens (primary N) is 1. The number of aryl methyl sites for hydroxylation is 1. The van der Waals surface area contributed by atoms with Gasteiger partial charge in [0, 0.05) is 12.6 Å².